The Balaban J connectivity index is 1.62. The Bertz CT molecular complexity index is 1170. The number of nitrogens with one attached hydrogen (secondary N) is 2. The SMILES string of the molecule is Cn1cc(S(N)(=O)=O)cc1CC(=O)Nc1cccc(C(=O)NCc2ccccn2)c1. The zero-order chi connectivity index (χ0) is 21.7. The summed E-state index contributed by atoms with van der Waals surface area (Å²) in [7, 11) is -2.21. The van der Waals surface area contributed by atoms with E-state index in [4.69, 9.17) is 5.14 Å². The summed E-state index contributed by atoms with van der Waals surface area (Å²) in [6.45, 7) is 0.288. The molecule has 3 rings (SSSR count). The van der Waals surface area contributed by atoms with Crippen molar-refractivity contribution in [2.24, 2.45) is 12.2 Å². The number of nitrogens with zero attached hydrogens (tertiary/aromatic N) is 2. The van der Waals surface area contributed by atoms with Crippen LogP contribution in [0.5, 0.6) is 0 Å². The van der Waals surface area contributed by atoms with E-state index >= 15 is 0 Å². The number of carbonyl (C=O) groups is 2. The second-order valence-electron chi connectivity index (χ2n) is 6.63. The average molecular weight is 427 g/mol. The summed E-state index contributed by atoms with van der Waals surface area (Å²) in [5.41, 5.74) is 2.06. The second-order valence-corrected chi connectivity index (χ2v) is 8.19. The van der Waals surface area contributed by atoms with Gasteiger partial charge in [0.2, 0.25) is 15.9 Å². The summed E-state index contributed by atoms with van der Waals surface area (Å²) in [4.78, 5) is 28.8. The van der Waals surface area contributed by atoms with Gasteiger partial charge in [0.05, 0.1) is 23.6 Å². The fourth-order valence-corrected chi connectivity index (χ4v) is 3.40. The molecule has 0 atom stereocenters. The Morgan fingerprint density at radius 2 is 1.93 bits per heavy atom. The summed E-state index contributed by atoms with van der Waals surface area (Å²) in [5.74, 6) is -0.653. The molecule has 2 aromatic heterocycles. The number of carbonyl (C=O) groups excluding carboxylic acids is 2. The summed E-state index contributed by atoms with van der Waals surface area (Å²) in [6, 6.07) is 13.3. The van der Waals surface area contributed by atoms with E-state index < -0.39 is 10.0 Å². The molecule has 0 aliphatic rings. The van der Waals surface area contributed by atoms with Crippen LogP contribution in [0.3, 0.4) is 0 Å². The van der Waals surface area contributed by atoms with Crippen LogP contribution in [0.4, 0.5) is 5.69 Å². The van der Waals surface area contributed by atoms with Crippen molar-refractivity contribution in [3.63, 3.8) is 0 Å². The van der Waals surface area contributed by atoms with Crippen LogP contribution in [0.15, 0.2) is 65.8 Å². The molecule has 3 aromatic rings. The van der Waals surface area contributed by atoms with Crippen LogP contribution in [0, 0.1) is 0 Å². The molecule has 0 aliphatic carbocycles. The predicted molar refractivity (Wildman–Crippen MR) is 111 cm³/mol. The van der Waals surface area contributed by atoms with Gasteiger partial charge in [-0.15, -0.1) is 0 Å². The van der Waals surface area contributed by atoms with Gasteiger partial charge >= 0.3 is 0 Å². The number of aromatic nitrogens is 2. The quantitative estimate of drug-likeness (QED) is 0.520. The number of aryl methyl sites for hydroxylation is 1. The largest absolute Gasteiger partial charge is 0.353 e. The zero-order valence-electron chi connectivity index (χ0n) is 16.2. The molecule has 2 heterocycles. The topological polar surface area (TPSA) is 136 Å². The monoisotopic (exact) mass is 427 g/mol. The number of rotatable bonds is 7. The molecule has 0 unspecified atom stereocenters. The highest BCUT2D eigenvalue weighted by Gasteiger charge is 2.15. The minimum atomic E-state index is -3.84. The van der Waals surface area contributed by atoms with Crippen molar-refractivity contribution in [3.8, 4) is 0 Å². The third-order valence-electron chi connectivity index (χ3n) is 4.32. The number of benzene rings is 1. The summed E-state index contributed by atoms with van der Waals surface area (Å²) in [5, 5.41) is 10.6. The Labute approximate surface area is 174 Å². The summed E-state index contributed by atoms with van der Waals surface area (Å²) in [6.07, 6.45) is 2.95. The van der Waals surface area contributed by atoms with E-state index in [1.807, 2.05) is 12.1 Å². The smallest absolute Gasteiger partial charge is 0.251 e. The van der Waals surface area contributed by atoms with Crippen LogP contribution < -0.4 is 15.8 Å². The number of primary sulfonamides is 1. The molecule has 0 bridgehead atoms. The molecular weight excluding hydrogens is 406 g/mol. The van der Waals surface area contributed by atoms with Crippen LogP contribution >= 0.6 is 0 Å². The van der Waals surface area contributed by atoms with Crippen LogP contribution in [0.25, 0.3) is 0 Å². The van der Waals surface area contributed by atoms with E-state index in [1.54, 1.807) is 43.6 Å². The van der Waals surface area contributed by atoms with Crippen molar-refractivity contribution < 1.29 is 18.0 Å². The molecule has 9 nitrogen and oxygen atoms in total. The molecule has 1 aromatic carbocycles. The van der Waals surface area contributed by atoms with Gasteiger partial charge in [0, 0.05) is 36.4 Å². The van der Waals surface area contributed by atoms with Gasteiger partial charge in [0.15, 0.2) is 0 Å². The lowest BCUT2D eigenvalue weighted by molar-refractivity contribution is -0.115. The molecule has 10 heteroatoms. The highest BCUT2D eigenvalue weighted by molar-refractivity contribution is 7.89. The van der Waals surface area contributed by atoms with E-state index in [2.05, 4.69) is 15.6 Å². The number of sulfonamides is 1. The van der Waals surface area contributed by atoms with E-state index in [-0.39, 0.29) is 29.7 Å². The molecule has 156 valence electrons. The Kier molecular flexibility index (Phi) is 6.28. The highest BCUT2D eigenvalue weighted by Crippen LogP contribution is 2.15. The van der Waals surface area contributed by atoms with Gasteiger partial charge < -0.3 is 15.2 Å². The van der Waals surface area contributed by atoms with Gasteiger partial charge in [-0.05, 0) is 36.4 Å². The second kappa shape index (κ2) is 8.89. The van der Waals surface area contributed by atoms with Crippen LogP contribution in [0.1, 0.15) is 21.7 Å². The van der Waals surface area contributed by atoms with Gasteiger partial charge in [0.25, 0.3) is 5.91 Å². The first-order chi connectivity index (χ1) is 14.2. The van der Waals surface area contributed by atoms with Gasteiger partial charge in [-0.1, -0.05) is 12.1 Å². The molecule has 0 fully saturated rings. The highest BCUT2D eigenvalue weighted by atomic mass is 32.2. The van der Waals surface area contributed by atoms with E-state index in [9.17, 15) is 18.0 Å². The first kappa shape index (κ1) is 21.2. The van der Waals surface area contributed by atoms with E-state index in [0.717, 1.165) is 5.69 Å². The molecule has 0 spiro atoms. The first-order valence-corrected chi connectivity index (χ1v) is 10.5. The van der Waals surface area contributed by atoms with Crippen molar-refractivity contribution in [2.75, 3.05) is 5.32 Å². The fourth-order valence-electron chi connectivity index (χ4n) is 2.79. The van der Waals surface area contributed by atoms with E-state index in [1.165, 1.54) is 16.8 Å². The third-order valence-corrected chi connectivity index (χ3v) is 5.20. The normalized spacial score (nSPS) is 11.1. The maximum atomic E-state index is 12.4. The van der Waals surface area contributed by atoms with Gasteiger partial charge in [-0.3, -0.25) is 14.6 Å². The minimum Gasteiger partial charge on any atom is -0.353 e. The number of pyridine rings is 1. The van der Waals surface area contributed by atoms with Crippen molar-refractivity contribution >= 4 is 27.5 Å². The van der Waals surface area contributed by atoms with Crippen LogP contribution in [-0.2, 0) is 34.8 Å². The number of anilines is 1. The third kappa shape index (κ3) is 5.52. The number of nitrogens with two attached hydrogens (primary N) is 1. The predicted octanol–water partition coefficient (Wildman–Crippen LogP) is 1.18. The molecule has 0 saturated carbocycles. The number of amides is 2. The van der Waals surface area contributed by atoms with Gasteiger partial charge in [-0.25, -0.2) is 13.6 Å². The molecule has 0 radical (unpaired) electrons. The van der Waals surface area contributed by atoms with Gasteiger partial charge in [-0.2, -0.15) is 0 Å². The standard InChI is InChI=1S/C20H21N5O4S/c1-25-13-18(30(21,28)29)10-17(25)11-19(26)24-15-7-4-5-14(9-15)20(27)23-12-16-6-2-3-8-22-16/h2-10,13H,11-12H2,1H3,(H,23,27)(H,24,26)(H2,21,28,29). The molecule has 0 saturated heterocycles. The molecule has 4 N–H and O–H groups in total. The number of hydrogen-bond acceptors (Lipinski definition) is 5. The lowest BCUT2D eigenvalue weighted by atomic mass is 10.1. The molecule has 2 amide bonds. The Hall–Kier alpha value is -3.50. The zero-order valence-corrected chi connectivity index (χ0v) is 17.0. The fraction of sp³-hybridized carbons (Fsp3) is 0.150. The maximum absolute atomic E-state index is 12.4. The first-order valence-electron chi connectivity index (χ1n) is 8.98. The van der Waals surface area contributed by atoms with Gasteiger partial charge in [0.1, 0.15) is 0 Å². The van der Waals surface area contributed by atoms with Crippen molar-refractivity contribution in [1.29, 1.82) is 0 Å². The summed E-state index contributed by atoms with van der Waals surface area (Å²) >= 11 is 0. The number of hydrogen-bond donors (Lipinski definition) is 3. The molecule has 0 aliphatic heterocycles. The van der Waals surface area contributed by atoms with Crippen LogP contribution in [-0.4, -0.2) is 29.8 Å². The lowest BCUT2D eigenvalue weighted by Crippen LogP contribution is -2.23. The maximum Gasteiger partial charge on any atom is 0.251 e. The van der Waals surface area contributed by atoms with Crippen molar-refractivity contribution in [3.05, 3.63) is 77.9 Å². The Morgan fingerprint density at radius 1 is 1.13 bits per heavy atom. The molecular formula is C20H21N5O4S. The van der Waals surface area contributed by atoms with E-state index in [0.29, 0.717) is 16.9 Å². The lowest BCUT2D eigenvalue weighted by Gasteiger charge is -2.09. The van der Waals surface area contributed by atoms with Crippen LogP contribution in [0.2, 0.25) is 0 Å². The molecule has 30 heavy (non-hydrogen) atoms. The Morgan fingerprint density at radius 3 is 2.60 bits per heavy atom. The summed E-state index contributed by atoms with van der Waals surface area (Å²) < 4.78 is 24.4. The minimum absolute atomic E-state index is 0.0535. The van der Waals surface area contributed by atoms with Crippen molar-refractivity contribution in [2.45, 2.75) is 17.9 Å². The van der Waals surface area contributed by atoms with Crippen molar-refractivity contribution in [1.82, 2.24) is 14.9 Å². The average Bonchev–Trinajstić information content (AvgIpc) is 3.08.